The zero-order valence-electron chi connectivity index (χ0n) is 10.8. The lowest BCUT2D eigenvalue weighted by Crippen LogP contribution is -2.09. The third-order valence-corrected chi connectivity index (χ3v) is 3.18. The van der Waals surface area contributed by atoms with Gasteiger partial charge >= 0.3 is 0 Å². The number of rotatable bonds is 8. The molecule has 0 rings (SSSR count). The highest BCUT2D eigenvalue weighted by atomic mass is 35.5. The van der Waals surface area contributed by atoms with Gasteiger partial charge in [-0.2, -0.15) is 0 Å². The average Bonchev–Trinajstić information content (AvgIpc) is 2.24. The van der Waals surface area contributed by atoms with Crippen LogP contribution in [0.2, 0.25) is 0 Å². The van der Waals surface area contributed by atoms with Crippen LogP contribution in [-0.2, 0) is 0 Å². The number of alkyl halides is 1. The molecule has 2 heteroatoms. The van der Waals surface area contributed by atoms with Crippen molar-refractivity contribution in [1.82, 2.24) is 0 Å². The third-order valence-electron chi connectivity index (χ3n) is 2.83. The first kappa shape index (κ1) is 15.7. The van der Waals surface area contributed by atoms with Gasteiger partial charge in [-0.15, -0.1) is 11.6 Å². The van der Waals surface area contributed by atoms with Crippen LogP contribution in [0.15, 0.2) is 23.8 Å². The Morgan fingerprint density at radius 3 is 2.50 bits per heavy atom. The normalized spacial score (nSPS) is 14.3. The summed E-state index contributed by atoms with van der Waals surface area (Å²) in [6, 6.07) is 0. The largest absolute Gasteiger partial charge is 0.392 e. The van der Waals surface area contributed by atoms with Gasteiger partial charge in [0.1, 0.15) is 0 Å². The molecule has 0 radical (unpaired) electrons. The van der Waals surface area contributed by atoms with Gasteiger partial charge in [0.05, 0.1) is 6.10 Å². The van der Waals surface area contributed by atoms with E-state index in [0.29, 0.717) is 11.8 Å². The summed E-state index contributed by atoms with van der Waals surface area (Å²) in [4.78, 5) is 0. The number of aliphatic hydroxyl groups excluding tert-OH is 1. The van der Waals surface area contributed by atoms with E-state index in [-0.39, 0.29) is 6.10 Å². The Hall–Kier alpha value is -0.270. The molecule has 0 aliphatic heterocycles. The Morgan fingerprint density at radius 2 is 2.00 bits per heavy atom. The lowest BCUT2D eigenvalue weighted by Gasteiger charge is -2.15. The zero-order valence-corrected chi connectivity index (χ0v) is 11.6. The lowest BCUT2D eigenvalue weighted by atomic mass is 9.93. The fourth-order valence-electron chi connectivity index (χ4n) is 1.50. The van der Waals surface area contributed by atoms with Crippen LogP contribution < -0.4 is 0 Å². The van der Waals surface area contributed by atoms with Gasteiger partial charge in [0.2, 0.25) is 0 Å². The quantitative estimate of drug-likeness (QED) is 0.499. The van der Waals surface area contributed by atoms with Crippen molar-refractivity contribution in [1.29, 1.82) is 0 Å². The second-order valence-corrected chi connectivity index (χ2v) is 5.07. The highest BCUT2D eigenvalue weighted by Gasteiger charge is 2.08. The summed E-state index contributed by atoms with van der Waals surface area (Å²) in [6.45, 7) is 10.5. The van der Waals surface area contributed by atoms with Crippen molar-refractivity contribution < 1.29 is 5.11 Å². The van der Waals surface area contributed by atoms with E-state index >= 15 is 0 Å². The van der Waals surface area contributed by atoms with Gasteiger partial charge < -0.3 is 5.11 Å². The molecule has 2 atom stereocenters. The van der Waals surface area contributed by atoms with Crippen LogP contribution in [0.4, 0.5) is 0 Å². The Labute approximate surface area is 105 Å². The van der Waals surface area contributed by atoms with Gasteiger partial charge in [0.25, 0.3) is 0 Å². The summed E-state index contributed by atoms with van der Waals surface area (Å²) in [5, 5.41) is 9.35. The Bertz CT molecular complexity index is 229. The Kier molecular flexibility index (Phi) is 8.68. The molecule has 0 aliphatic carbocycles. The molecule has 0 bridgehead atoms. The van der Waals surface area contributed by atoms with Gasteiger partial charge in [-0.05, 0) is 45.4 Å². The van der Waals surface area contributed by atoms with Crippen LogP contribution in [0.1, 0.15) is 46.5 Å². The molecule has 94 valence electrons. The van der Waals surface area contributed by atoms with E-state index in [1.54, 1.807) is 0 Å². The molecule has 0 aliphatic rings. The van der Waals surface area contributed by atoms with E-state index in [4.69, 9.17) is 11.6 Å². The Morgan fingerprint density at radius 1 is 1.38 bits per heavy atom. The van der Waals surface area contributed by atoms with Gasteiger partial charge in [0.15, 0.2) is 0 Å². The maximum absolute atomic E-state index is 9.35. The van der Waals surface area contributed by atoms with Gasteiger partial charge in [-0.3, -0.25) is 0 Å². The summed E-state index contributed by atoms with van der Waals surface area (Å²) in [7, 11) is 0. The number of allylic oxidation sites excluding steroid dienone is 3. The maximum Gasteiger partial charge on any atom is 0.0678 e. The van der Waals surface area contributed by atoms with Crippen LogP contribution in [-0.4, -0.2) is 17.1 Å². The minimum absolute atomic E-state index is 0.319. The van der Waals surface area contributed by atoms with E-state index in [0.717, 1.165) is 25.7 Å². The molecule has 0 saturated carbocycles. The smallest absolute Gasteiger partial charge is 0.0678 e. The molecule has 0 heterocycles. The fraction of sp³-hybridized carbons (Fsp3) is 0.714. The maximum atomic E-state index is 9.35. The molecule has 0 spiro atoms. The predicted octanol–water partition coefficient (Wildman–Crippen LogP) is 4.31. The summed E-state index contributed by atoms with van der Waals surface area (Å²) in [5.74, 6) is 0.845. The molecule has 0 aromatic rings. The van der Waals surface area contributed by atoms with Gasteiger partial charge in [-0.25, -0.2) is 0 Å². The molecule has 16 heavy (non-hydrogen) atoms. The third kappa shape index (κ3) is 7.95. The molecule has 0 amide bonds. The van der Waals surface area contributed by atoms with Crippen LogP contribution in [0.3, 0.4) is 0 Å². The average molecular weight is 245 g/mol. The van der Waals surface area contributed by atoms with Crippen molar-refractivity contribution in [3.63, 3.8) is 0 Å². The van der Waals surface area contributed by atoms with Crippen molar-refractivity contribution in [2.24, 2.45) is 5.92 Å². The first-order valence-electron chi connectivity index (χ1n) is 6.02. The van der Waals surface area contributed by atoms with Crippen molar-refractivity contribution >= 4 is 11.6 Å². The van der Waals surface area contributed by atoms with E-state index in [9.17, 15) is 5.11 Å². The summed E-state index contributed by atoms with van der Waals surface area (Å²) in [6.07, 6.45) is 5.74. The molecular formula is C14H25ClO. The summed E-state index contributed by atoms with van der Waals surface area (Å²) >= 11 is 5.55. The molecule has 0 unspecified atom stereocenters. The fourth-order valence-corrected chi connectivity index (χ4v) is 1.66. The van der Waals surface area contributed by atoms with E-state index < -0.39 is 0 Å². The second kappa shape index (κ2) is 8.83. The molecule has 0 fully saturated rings. The van der Waals surface area contributed by atoms with Gasteiger partial charge in [0, 0.05) is 5.88 Å². The molecule has 1 N–H and O–H groups in total. The van der Waals surface area contributed by atoms with E-state index in [1.807, 2.05) is 0 Å². The van der Waals surface area contributed by atoms with E-state index in [1.165, 1.54) is 11.1 Å². The number of aliphatic hydroxyl groups is 1. The SMILES string of the molecule is C=C(CC[C@@H](O)CCl)[C@H](C)CCC=C(C)C. The zero-order chi connectivity index (χ0) is 12.6. The molecule has 0 saturated heterocycles. The van der Waals surface area contributed by atoms with Crippen molar-refractivity contribution in [3.05, 3.63) is 23.8 Å². The molecule has 1 nitrogen and oxygen atoms in total. The lowest BCUT2D eigenvalue weighted by molar-refractivity contribution is 0.187. The topological polar surface area (TPSA) is 20.2 Å². The number of hydrogen-bond donors (Lipinski definition) is 1. The van der Waals surface area contributed by atoms with Crippen molar-refractivity contribution in [2.45, 2.75) is 52.6 Å². The van der Waals surface area contributed by atoms with E-state index in [2.05, 4.69) is 33.4 Å². The van der Waals surface area contributed by atoms with Crippen LogP contribution >= 0.6 is 11.6 Å². The Balaban J connectivity index is 3.77. The highest BCUT2D eigenvalue weighted by molar-refractivity contribution is 6.18. The summed E-state index contributed by atoms with van der Waals surface area (Å²) < 4.78 is 0. The minimum atomic E-state index is -0.386. The first-order chi connectivity index (χ1) is 7.47. The number of hydrogen-bond acceptors (Lipinski definition) is 1. The summed E-state index contributed by atoms with van der Waals surface area (Å²) in [5.41, 5.74) is 2.60. The minimum Gasteiger partial charge on any atom is -0.392 e. The molecular weight excluding hydrogens is 220 g/mol. The van der Waals surface area contributed by atoms with Crippen LogP contribution in [0.25, 0.3) is 0 Å². The standard InChI is InChI=1S/C14H25ClO/c1-11(2)6-5-7-12(3)13(4)8-9-14(16)10-15/h6,12,14,16H,4-5,7-10H2,1-3H3/t12-,14-/m1/s1. The monoisotopic (exact) mass is 244 g/mol. The van der Waals surface area contributed by atoms with Gasteiger partial charge in [-0.1, -0.05) is 30.7 Å². The molecule has 0 aromatic carbocycles. The number of halogens is 1. The van der Waals surface area contributed by atoms with Crippen molar-refractivity contribution in [3.8, 4) is 0 Å². The first-order valence-corrected chi connectivity index (χ1v) is 6.55. The van der Waals surface area contributed by atoms with Crippen molar-refractivity contribution in [2.75, 3.05) is 5.88 Å². The highest BCUT2D eigenvalue weighted by Crippen LogP contribution is 2.20. The predicted molar refractivity (Wildman–Crippen MR) is 72.9 cm³/mol. The molecule has 0 aromatic heterocycles. The second-order valence-electron chi connectivity index (χ2n) is 4.76. The van der Waals surface area contributed by atoms with Crippen LogP contribution in [0.5, 0.6) is 0 Å². The van der Waals surface area contributed by atoms with Crippen LogP contribution in [0, 0.1) is 5.92 Å².